The van der Waals surface area contributed by atoms with Crippen molar-refractivity contribution in [3.63, 3.8) is 0 Å². The van der Waals surface area contributed by atoms with Gasteiger partial charge in [0.1, 0.15) is 21.2 Å². The summed E-state index contributed by atoms with van der Waals surface area (Å²) < 4.78 is 154. The van der Waals surface area contributed by atoms with Gasteiger partial charge < -0.3 is 15.7 Å². The Morgan fingerprint density at radius 2 is 1.02 bits per heavy atom. The number of nitrogens with one attached hydrogen (secondary N) is 2. The maximum Gasteiger partial charge on any atom is 0.296 e. The van der Waals surface area contributed by atoms with Crippen LogP contribution in [0.1, 0.15) is 12.8 Å². The van der Waals surface area contributed by atoms with E-state index in [1.54, 1.807) is 12.1 Å². The summed E-state index contributed by atoms with van der Waals surface area (Å²) in [5, 5.41) is 21.9. The number of carbonyl (C=O) groups is 2. The molecule has 0 heterocycles. The third-order valence-corrected chi connectivity index (χ3v) is 14.2. The fourth-order valence-corrected chi connectivity index (χ4v) is 9.74. The Bertz CT molecular complexity index is 3110. The van der Waals surface area contributed by atoms with Crippen LogP contribution in [-0.2, 0) is 59.6 Å². The maximum absolute atomic E-state index is 13.0. The molecule has 20 nitrogen and oxygen atoms in total. The number of hydrogen-bond donors (Lipinski definition) is 6. The van der Waals surface area contributed by atoms with Gasteiger partial charge in [0.05, 0.1) is 31.9 Å². The third-order valence-electron chi connectivity index (χ3n) is 8.15. The van der Waals surface area contributed by atoms with Gasteiger partial charge in [0, 0.05) is 113 Å². The topological polar surface area (TPSA) is 335 Å². The molecule has 0 aliphatic heterocycles. The summed E-state index contributed by atoms with van der Waals surface area (Å²) in [6.45, 7) is 0. The molecule has 62 heavy (non-hydrogen) atoms. The number of phenolic OH excluding ortho intramolecular Hbond substituents is 1. The zero-order valence-corrected chi connectivity index (χ0v) is 42.8. The van der Waals surface area contributed by atoms with E-state index in [1.807, 2.05) is 0 Å². The molecule has 0 aliphatic rings. The molecule has 0 unspecified atom stereocenters. The molecule has 0 saturated heterocycles. The minimum atomic E-state index is -5.42. The largest absolute Gasteiger partial charge is 0.505 e. The minimum Gasteiger partial charge on any atom is -0.505 e. The molecule has 0 saturated carbocycles. The number of nitrogens with zero attached hydrogens (tertiary/aromatic N) is 2. The number of hydrogen-bond acceptors (Lipinski definition) is 15. The predicted molar refractivity (Wildman–Crippen MR) is 226 cm³/mol. The monoisotopic (exact) mass is 979 g/mol. The molecule has 5 aromatic rings. The number of benzene rings is 5. The molecular formula is C34H30N4Na3O16S5. The van der Waals surface area contributed by atoms with E-state index in [1.165, 1.54) is 48.5 Å². The molecule has 315 valence electrons. The van der Waals surface area contributed by atoms with E-state index in [0.717, 1.165) is 12.1 Å². The van der Waals surface area contributed by atoms with Crippen LogP contribution in [0.3, 0.4) is 0 Å². The Kier molecular flexibility index (Phi) is 19.7. The zero-order chi connectivity index (χ0) is 43.6. The molecule has 3 radical (unpaired) electrons. The summed E-state index contributed by atoms with van der Waals surface area (Å²) in [4.78, 5) is 22.2. The summed E-state index contributed by atoms with van der Waals surface area (Å²) in [6, 6.07) is 18.7. The van der Waals surface area contributed by atoms with Gasteiger partial charge in [-0.05, 0) is 66.0 Å². The van der Waals surface area contributed by atoms with Crippen LogP contribution in [0.2, 0.25) is 0 Å². The Hall–Kier alpha value is -2.67. The normalized spacial score (nSPS) is 12.1. The van der Waals surface area contributed by atoms with Crippen molar-refractivity contribution in [1.82, 2.24) is 0 Å². The zero-order valence-electron chi connectivity index (χ0n) is 32.7. The van der Waals surface area contributed by atoms with Gasteiger partial charge in [0.2, 0.25) is 11.8 Å². The van der Waals surface area contributed by atoms with E-state index >= 15 is 0 Å². The second kappa shape index (κ2) is 22.0. The maximum atomic E-state index is 13.0. The number of carbonyl (C=O) groups excluding carboxylic acids is 2. The van der Waals surface area contributed by atoms with Crippen LogP contribution >= 0.6 is 0 Å². The van der Waals surface area contributed by atoms with Gasteiger partial charge in [-0.1, -0.05) is 36.4 Å². The molecule has 0 fully saturated rings. The molecule has 0 bridgehead atoms. The first-order chi connectivity index (χ1) is 27.4. The number of sulfone groups is 2. The van der Waals surface area contributed by atoms with Gasteiger partial charge in [-0.25, -0.2) is 16.8 Å². The van der Waals surface area contributed by atoms with Crippen LogP contribution in [-0.4, -0.2) is 173 Å². The van der Waals surface area contributed by atoms with Crippen molar-refractivity contribution in [1.29, 1.82) is 0 Å². The molecule has 6 N–H and O–H groups in total. The smallest absolute Gasteiger partial charge is 0.296 e. The van der Waals surface area contributed by atoms with E-state index in [2.05, 4.69) is 20.9 Å². The van der Waals surface area contributed by atoms with Gasteiger partial charge in [0.15, 0.2) is 25.4 Å². The third kappa shape index (κ3) is 14.2. The van der Waals surface area contributed by atoms with Crippen molar-refractivity contribution in [2.75, 3.05) is 22.1 Å². The second-order valence-electron chi connectivity index (χ2n) is 12.3. The minimum absolute atomic E-state index is 0. The van der Waals surface area contributed by atoms with Crippen LogP contribution in [0.5, 0.6) is 5.75 Å². The predicted octanol–water partition coefficient (Wildman–Crippen LogP) is 3.16. The summed E-state index contributed by atoms with van der Waals surface area (Å²) in [5.41, 5.74) is -2.78. The van der Waals surface area contributed by atoms with Gasteiger partial charge in [0.25, 0.3) is 30.4 Å². The molecule has 0 aromatic heterocycles. The second-order valence-corrected chi connectivity index (χ2v) is 20.7. The van der Waals surface area contributed by atoms with E-state index < -0.39 is 134 Å². The van der Waals surface area contributed by atoms with Crippen LogP contribution in [0, 0.1) is 0 Å². The Labute approximate surface area is 422 Å². The molecule has 0 spiro atoms. The standard InChI is InChI=1S/C34H30N4O16S5.3Na/c39-30(13-15-55(42,43)23-7-3-1-4-8-23)35-22-11-12-26(28(19-22)58(49,50)51)37-38-33-29(59(52,53)54)18-21-17-25(57(46,47)48)20-27(32(21)34(33)41)36-31(40)14-16-56(44,45)24-9-5-2-6-10-24;;;/h1-12,17-20,41H,13-16H2,(H,35,39)(H,36,40)(H,46,47,48)(H,49,50,51)(H,52,53,54);;;. The van der Waals surface area contributed by atoms with Gasteiger partial charge in [-0.2, -0.15) is 25.3 Å². The van der Waals surface area contributed by atoms with Crippen LogP contribution in [0.4, 0.5) is 22.7 Å². The average molecular weight is 980 g/mol. The number of phenols is 1. The first kappa shape index (κ1) is 55.5. The van der Waals surface area contributed by atoms with Crippen molar-refractivity contribution in [2.45, 2.75) is 37.3 Å². The average Bonchev–Trinajstić information content (AvgIpc) is 3.15. The van der Waals surface area contributed by atoms with Crippen molar-refractivity contribution >= 4 is 184 Å². The van der Waals surface area contributed by atoms with Crippen LogP contribution in [0.15, 0.2) is 132 Å². The molecule has 5 aromatic carbocycles. The number of amides is 2. The molecule has 5 rings (SSSR count). The Balaban J connectivity index is 0.00000441. The molecule has 0 atom stereocenters. The molecule has 28 heteroatoms. The quantitative estimate of drug-likeness (QED) is 0.0498. The summed E-state index contributed by atoms with van der Waals surface area (Å²) in [7, 11) is -23.6. The fraction of sp³-hybridized carbons (Fsp3) is 0.118. The number of fused-ring (bicyclic) bond motifs is 1. The Morgan fingerprint density at radius 3 is 1.48 bits per heavy atom. The van der Waals surface area contributed by atoms with E-state index in [4.69, 9.17) is 0 Å². The van der Waals surface area contributed by atoms with Crippen molar-refractivity contribution in [3.8, 4) is 5.75 Å². The van der Waals surface area contributed by atoms with Gasteiger partial charge in [-0.15, -0.1) is 10.2 Å². The summed E-state index contributed by atoms with van der Waals surface area (Å²) >= 11 is 0. The first-order valence-corrected chi connectivity index (χ1v) is 24.0. The molecule has 0 aliphatic carbocycles. The van der Waals surface area contributed by atoms with E-state index in [-0.39, 0.29) is 104 Å². The number of anilines is 2. The van der Waals surface area contributed by atoms with Crippen LogP contribution in [0.25, 0.3) is 10.8 Å². The van der Waals surface area contributed by atoms with E-state index in [0.29, 0.717) is 24.3 Å². The summed E-state index contributed by atoms with van der Waals surface area (Å²) in [6.07, 6.45) is -1.30. The number of rotatable bonds is 15. The fourth-order valence-electron chi connectivity index (χ4n) is 5.37. The van der Waals surface area contributed by atoms with Crippen LogP contribution < -0.4 is 10.6 Å². The van der Waals surface area contributed by atoms with Crippen molar-refractivity contribution in [3.05, 3.63) is 97.1 Å². The van der Waals surface area contributed by atoms with Crippen molar-refractivity contribution in [2.24, 2.45) is 10.2 Å². The van der Waals surface area contributed by atoms with Gasteiger partial charge in [-0.3, -0.25) is 23.2 Å². The Morgan fingerprint density at radius 1 is 0.532 bits per heavy atom. The van der Waals surface area contributed by atoms with Crippen molar-refractivity contribution < 1.29 is 70.4 Å². The number of aromatic hydroxyl groups is 1. The SMILES string of the molecule is O=C(CCS(=O)(=O)c1ccccc1)Nc1ccc(N=Nc2c(S(=O)(=O)O)cc3cc(S(=O)(=O)O)cc(NC(=O)CCS(=O)(=O)c4ccccc4)c3c2O)c(S(=O)(=O)O)c1.[Na].[Na].[Na]. The van der Waals surface area contributed by atoms with E-state index in [9.17, 15) is 70.4 Å². The first-order valence-electron chi connectivity index (χ1n) is 16.3. The molecular weight excluding hydrogens is 950 g/mol. The molecule has 2 amide bonds. The van der Waals surface area contributed by atoms with Gasteiger partial charge >= 0.3 is 0 Å². The summed E-state index contributed by atoms with van der Waals surface area (Å²) in [5.74, 6) is -4.54. The number of azo groups is 1.